The number of benzene rings is 1. The third kappa shape index (κ3) is 2.46. The van der Waals surface area contributed by atoms with E-state index in [1.807, 2.05) is 0 Å². The predicted octanol–water partition coefficient (Wildman–Crippen LogP) is 3.99. The lowest BCUT2D eigenvalue weighted by Gasteiger charge is -2.09. The van der Waals surface area contributed by atoms with E-state index in [9.17, 15) is 9.18 Å². The zero-order valence-electron chi connectivity index (χ0n) is 11.5. The summed E-state index contributed by atoms with van der Waals surface area (Å²) < 4.78 is 19.5. The number of nitrogens with zero attached hydrogens (tertiary/aromatic N) is 2. The first-order chi connectivity index (χ1) is 10.6. The molecule has 0 fully saturated rings. The maximum absolute atomic E-state index is 14.0. The molecule has 3 aromatic rings. The molecule has 0 spiro atoms. The van der Waals surface area contributed by atoms with Gasteiger partial charge in [0.25, 0.3) is 0 Å². The highest BCUT2D eigenvalue weighted by atomic mass is 79.9. The van der Waals surface area contributed by atoms with Gasteiger partial charge < -0.3 is 4.74 Å². The molecule has 4 nitrogen and oxygen atoms in total. The smallest absolute Gasteiger partial charge is 0.337 e. The molecule has 0 saturated heterocycles. The minimum absolute atomic E-state index is 0.328. The lowest BCUT2D eigenvalue weighted by molar-refractivity contribution is 0.0601. The summed E-state index contributed by atoms with van der Waals surface area (Å²) in [5.74, 6) is -0.926. The van der Waals surface area contributed by atoms with Crippen LogP contribution >= 0.6 is 15.9 Å². The van der Waals surface area contributed by atoms with Crippen molar-refractivity contribution in [3.8, 4) is 11.3 Å². The van der Waals surface area contributed by atoms with Gasteiger partial charge >= 0.3 is 5.97 Å². The molecule has 0 saturated carbocycles. The fourth-order valence-corrected chi connectivity index (χ4v) is 2.68. The summed E-state index contributed by atoms with van der Waals surface area (Å²) in [6.07, 6.45) is 4.24. The van der Waals surface area contributed by atoms with Gasteiger partial charge in [-0.3, -0.25) is 9.97 Å². The van der Waals surface area contributed by atoms with E-state index in [2.05, 4.69) is 25.9 Å². The van der Waals surface area contributed by atoms with Crippen molar-refractivity contribution in [2.24, 2.45) is 0 Å². The normalized spacial score (nSPS) is 10.7. The molecule has 0 unspecified atom stereocenters. The maximum Gasteiger partial charge on any atom is 0.337 e. The van der Waals surface area contributed by atoms with Crippen LogP contribution < -0.4 is 0 Å². The summed E-state index contributed by atoms with van der Waals surface area (Å²) in [5.41, 5.74) is 1.16. The van der Waals surface area contributed by atoms with Gasteiger partial charge in [-0.05, 0) is 39.5 Å². The van der Waals surface area contributed by atoms with E-state index in [-0.39, 0.29) is 0 Å². The first kappa shape index (κ1) is 14.6. The van der Waals surface area contributed by atoms with E-state index in [1.165, 1.54) is 13.3 Å². The second-order valence-electron chi connectivity index (χ2n) is 4.56. The second-order valence-corrected chi connectivity index (χ2v) is 5.42. The molecule has 3 rings (SSSR count). The zero-order valence-corrected chi connectivity index (χ0v) is 13.1. The van der Waals surface area contributed by atoms with Gasteiger partial charge in [-0.1, -0.05) is 6.07 Å². The molecule has 1 aromatic carbocycles. The third-order valence-corrected chi connectivity index (χ3v) is 3.92. The van der Waals surface area contributed by atoms with E-state index in [4.69, 9.17) is 4.74 Å². The number of rotatable bonds is 2. The van der Waals surface area contributed by atoms with Crippen molar-refractivity contribution in [1.29, 1.82) is 0 Å². The van der Waals surface area contributed by atoms with E-state index in [0.717, 1.165) is 16.1 Å². The van der Waals surface area contributed by atoms with Crippen molar-refractivity contribution in [3.05, 3.63) is 58.7 Å². The molecule has 22 heavy (non-hydrogen) atoms. The van der Waals surface area contributed by atoms with E-state index in [0.29, 0.717) is 22.2 Å². The zero-order chi connectivity index (χ0) is 15.7. The summed E-state index contributed by atoms with van der Waals surface area (Å²) >= 11 is 3.42. The Bertz CT molecular complexity index is 883. The summed E-state index contributed by atoms with van der Waals surface area (Å²) in [6.45, 7) is 0. The Hall–Kier alpha value is -2.34. The van der Waals surface area contributed by atoms with Gasteiger partial charge in [-0.25, -0.2) is 9.18 Å². The molecule has 0 bridgehead atoms. The van der Waals surface area contributed by atoms with Crippen LogP contribution in [0.15, 0.2) is 47.3 Å². The molecule has 2 aromatic heterocycles. The SMILES string of the molecule is COC(=O)c1ccc2c(Br)cnc(-c3ccncc3F)c2c1. The number of ether oxygens (including phenoxy) is 1. The van der Waals surface area contributed by atoms with Gasteiger partial charge in [0.2, 0.25) is 0 Å². The number of hydrogen-bond acceptors (Lipinski definition) is 4. The summed E-state index contributed by atoms with van der Waals surface area (Å²) in [7, 11) is 1.31. The molecule has 0 N–H and O–H groups in total. The van der Waals surface area contributed by atoms with Crippen LogP contribution in [0, 0.1) is 5.82 Å². The van der Waals surface area contributed by atoms with Crippen molar-refractivity contribution in [3.63, 3.8) is 0 Å². The second kappa shape index (κ2) is 5.81. The molecule has 0 aliphatic carbocycles. The van der Waals surface area contributed by atoms with Crippen LogP contribution in [0.4, 0.5) is 4.39 Å². The fourth-order valence-electron chi connectivity index (χ4n) is 2.24. The van der Waals surface area contributed by atoms with Crippen LogP contribution in [-0.2, 0) is 4.74 Å². The molecule has 0 atom stereocenters. The topological polar surface area (TPSA) is 52.1 Å². The van der Waals surface area contributed by atoms with Gasteiger partial charge in [-0.2, -0.15) is 0 Å². The minimum Gasteiger partial charge on any atom is -0.465 e. The number of carbonyl (C=O) groups excluding carboxylic acids is 1. The van der Waals surface area contributed by atoms with E-state index in [1.54, 1.807) is 30.5 Å². The lowest BCUT2D eigenvalue weighted by Crippen LogP contribution is -2.01. The Balaban J connectivity index is 2.33. The Labute approximate surface area is 134 Å². The van der Waals surface area contributed by atoms with Crippen LogP contribution in [0.25, 0.3) is 22.0 Å². The van der Waals surface area contributed by atoms with Crippen LogP contribution in [0.2, 0.25) is 0 Å². The summed E-state index contributed by atoms with van der Waals surface area (Å²) in [6, 6.07) is 6.63. The van der Waals surface area contributed by atoms with Gasteiger partial charge in [0.1, 0.15) is 0 Å². The molecule has 0 aliphatic heterocycles. The van der Waals surface area contributed by atoms with Crippen molar-refractivity contribution in [2.45, 2.75) is 0 Å². The van der Waals surface area contributed by atoms with Crippen molar-refractivity contribution in [1.82, 2.24) is 9.97 Å². The fraction of sp³-hybridized carbons (Fsp3) is 0.0625. The standard InChI is InChI=1S/C16H10BrFN2O2/c1-22-16(21)9-2-3-10-12(6-9)15(20-7-13(10)17)11-4-5-19-8-14(11)18/h2-8H,1H3. The highest BCUT2D eigenvalue weighted by Crippen LogP contribution is 2.32. The third-order valence-electron chi connectivity index (χ3n) is 3.29. The molecule has 2 heterocycles. The molecule has 110 valence electrons. The first-order valence-electron chi connectivity index (χ1n) is 6.38. The number of carbonyl (C=O) groups is 1. The maximum atomic E-state index is 14.0. The summed E-state index contributed by atoms with van der Waals surface area (Å²) in [4.78, 5) is 19.8. The number of halogens is 2. The van der Waals surface area contributed by atoms with Crippen LogP contribution in [0.5, 0.6) is 0 Å². The average molecular weight is 361 g/mol. The number of pyridine rings is 2. The highest BCUT2D eigenvalue weighted by Gasteiger charge is 2.14. The van der Waals surface area contributed by atoms with Crippen LogP contribution in [0.3, 0.4) is 0 Å². The van der Waals surface area contributed by atoms with Crippen molar-refractivity contribution >= 4 is 32.7 Å². The lowest BCUT2D eigenvalue weighted by atomic mass is 10.0. The predicted molar refractivity (Wildman–Crippen MR) is 84.0 cm³/mol. The minimum atomic E-state index is -0.470. The largest absolute Gasteiger partial charge is 0.465 e. The molecule has 6 heteroatoms. The van der Waals surface area contributed by atoms with Gasteiger partial charge in [-0.15, -0.1) is 0 Å². The Kier molecular flexibility index (Phi) is 3.85. The van der Waals surface area contributed by atoms with Crippen molar-refractivity contribution in [2.75, 3.05) is 7.11 Å². The summed E-state index contributed by atoms with van der Waals surface area (Å²) in [5, 5.41) is 1.48. The number of methoxy groups -OCH3 is 1. The quantitative estimate of drug-likeness (QED) is 0.648. The van der Waals surface area contributed by atoms with Crippen LogP contribution in [0.1, 0.15) is 10.4 Å². The van der Waals surface area contributed by atoms with Crippen molar-refractivity contribution < 1.29 is 13.9 Å². The average Bonchev–Trinajstić information content (AvgIpc) is 2.55. The van der Waals surface area contributed by atoms with Gasteiger partial charge in [0.05, 0.1) is 24.6 Å². The molecule has 0 amide bonds. The molecule has 0 aliphatic rings. The van der Waals surface area contributed by atoms with Gasteiger partial charge in [0, 0.05) is 27.8 Å². The number of hydrogen-bond donors (Lipinski definition) is 0. The number of esters is 1. The highest BCUT2D eigenvalue weighted by molar-refractivity contribution is 9.10. The Morgan fingerprint density at radius 2 is 2.05 bits per heavy atom. The Morgan fingerprint density at radius 3 is 2.77 bits per heavy atom. The van der Waals surface area contributed by atoms with E-state index < -0.39 is 11.8 Å². The van der Waals surface area contributed by atoms with Gasteiger partial charge in [0.15, 0.2) is 5.82 Å². The Morgan fingerprint density at radius 1 is 1.23 bits per heavy atom. The van der Waals surface area contributed by atoms with Crippen LogP contribution in [-0.4, -0.2) is 23.0 Å². The monoisotopic (exact) mass is 360 g/mol. The van der Waals surface area contributed by atoms with E-state index >= 15 is 0 Å². The number of aromatic nitrogens is 2. The first-order valence-corrected chi connectivity index (χ1v) is 7.17. The molecular formula is C16H10BrFN2O2. The molecule has 0 radical (unpaired) electrons. The molecular weight excluding hydrogens is 351 g/mol. The number of fused-ring (bicyclic) bond motifs is 1.